The first-order valence-corrected chi connectivity index (χ1v) is 7.02. The van der Waals surface area contributed by atoms with Crippen LogP contribution in [0.15, 0.2) is 67.3 Å². The topological polar surface area (TPSA) is 77.1 Å². The van der Waals surface area contributed by atoms with Crippen LogP contribution in [-0.2, 0) is 0 Å². The molecule has 4 rings (SSSR count). The summed E-state index contributed by atoms with van der Waals surface area (Å²) in [5, 5.41) is 11.2. The molecule has 7 nitrogen and oxygen atoms in total. The average Bonchev–Trinajstić information content (AvgIpc) is 3.22. The molecule has 0 aliphatic heterocycles. The lowest BCUT2D eigenvalue weighted by Crippen LogP contribution is -2.15. The zero-order valence-corrected chi connectivity index (χ0v) is 12.0. The number of nitrogens with zero attached hydrogens (tertiary/aromatic N) is 5. The average molecular weight is 304 g/mol. The van der Waals surface area contributed by atoms with Crippen LogP contribution < -0.4 is 5.32 Å². The van der Waals surface area contributed by atoms with Gasteiger partial charge in [0.25, 0.3) is 5.91 Å². The summed E-state index contributed by atoms with van der Waals surface area (Å²) in [5.74, 6) is 0.299. The van der Waals surface area contributed by atoms with E-state index >= 15 is 0 Å². The summed E-state index contributed by atoms with van der Waals surface area (Å²) >= 11 is 0. The van der Waals surface area contributed by atoms with Crippen molar-refractivity contribution < 1.29 is 4.79 Å². The smallest absolute Gasteiger partial charge is 0.262 e. The first-order valence-electron chi connectivity index (χ1n) is 7.02. The molecule has 0 aliphatic rings. The summed E-state index contributed by atoms with van der Waals surface area (Å²) in [5.41, 5.74) is 1.79. The molecule has 4 aromatic rings. The Morgan fingerprint density at radius 2 is 1.87 bits per heavy atom. The predicted molar refractivity (Wildman–Crippen MR) is 84.5 cm³/mol. The van der Waals surface area contributed by atoms with Gasteiger partial charge in [-0.15, -0.1) is 0 Å². The van der Waals surface area contributed by atoms with E-state index in [1.165, 1.54) is 6.20 Å². The van der Waals surface area contributed by atoms with Crippen LogP contribution in [0.5, 0.6) is 0 Å². The summed E-state index contributed by atoms with van der Waals surface area (Å²) in [4.78, 5) is 16.7. The summed E-state index contributed by atoms with van der Waals surface area (Å²) in [6.45, 7) is 0. The van der Waals surface area contributed by atoms with E-state index in [9.17, 15) is 4.79 Å². The number of carbonyl (C=O) groups excluding carboxylic acids is 1. The molecule has 0 saturated carbocycles. The van der Waals surface area contributed by atoms with E-state index < -0.39 is 0 Å². The Hall–Kier alpha value is -3.48. The van der Waals surface area contributed by atoms with Gasteiger partial charge in [-0.25, -0.2) is 14.2 Å². The number of anilines is 1. The Morgan fingerprint density at radius 3 is 2.74 bits per heavy atom. The number of amides is 1. The number of hydrogen-bond donors (Lipinski definition) is 1. The van der Waals surface area contributed by atoms with Crippen molar-refractivity contribution in [1.29, 1.82) is 0 Å². The standard InChI is InChI=1S/C16H12N6O/c23-16(13-11-19-21-10-4-8-17-15(13)21)20-14-7-9-18-22(14)12-5-2-1-3-6-12/h1-11H,(H,20,23). The molecule has 0 aliphatic carbocycles. The normalized spacial score (nSPS) is 10.8. The van der Waals surface area contributed by atoms with Crippen LogP contribution >= 0.6 is 0 Å². The lowest BCUT2D eigenvalue weighted by Gasteiger charge is -2.08. The number of carbonyl (C=O) groups is 1. The van der Waals surface area contributed by atoms with Crippen LogP contribution in [0, 0.1) is 0 Å². The van der Waals surface area contributed by atoms with Gasteiger partial charge >= 0.3 is 0 Å². The molecule has 1 aromatic carbocycles. The van der Waals surface area contributed by atoms with Crippen LogP contribution in [0.25, 0.3) is 11.3 Å². The first-order chi connectivity index (χ1) is 11.3. The lowest BCUT2D eigenvalue weighted by atomic mass is 10.3. The van der Waals surface area contributed by atoms with Gasteiger partial charge in [-0.2, -0.15) is 10.2 Å². The Kier molecular flexibility index (Phi) is 3.09. The summed E-state index contributed by atoms with van der Waals surface area (Å²) < 4.78 is 3.22. The minimum Gasteiger partial charge on any atom is -0.306 e. The van der Waals surface area contributed by atoms with E-state index in [2.05, 4.69) is 20.5 Å². The highest BCUT2D eigenvalue weighted by Gasteiger charge is 2.15. The summed E-state index contributed by atoms with van der Waals surface area (Å²) in [7, 11) is 0. The van der Waals surface area contributed by atoms with Gasteiger partial charge in [0.2, 0.25) is 0 Å². The molecule has 0 unspecified atom stereocenters. The molecule has 23 heavy (non-hydrogen) atoms. The molecule has 0 fully saturated rings. The van der Waals surface area contributed by atoms with Gasteiger partial charge in [0.1, 0.15) is 11.4 Å². The second kappa shape index (κ2) is 5.38. The third-order valence-electron chi connectivity index (χ3n) is 3.41. The van der Waals surface area contributed by atoms with E-state index in [1.54, 1.807) is 39.9 Å². The number of hydrogen-bond acceptors (Lipinski definition) is 4. The largest absolute Gasteiger partial charge is 0.306 e. The number of para-hydroxylation sites is 1. The van der Waals surface area contributed by atoms with Gasteiger partial charge < -0.3 is 5.32 Å². The monoisotopic (exact) mass is 304 g/mol. The number of nitrogens with one attached hydrogen (secondary N) is 1. The Morgan fingerprint density at radius 1 is 1.00 bits per heavy atom. The van der Waals surface area contributed by atoms with E-state index in [1.807, 2.05) is 30.3 Å². The molecule has 1 amide bonds. The van der Waals surface area contributed by atoms with Gasteiger partial charge in [-0.1, -0.05) is 18.2 Å². The Labute approximate surface area is 131 Å². The van der Waals surface area contributed by atoms with Crippen molar-refractivity contribution in [3.05, 3.63) is 72.8 Å². The number of fused-ring (bicyclic) bond motifs is 1. The molecule has 0 saturated heterocycles. The minimum atomic E-state index is -0.281. The molecule has 3 heterocycles. The van der Waals surface area contributed by atoms with Crippen LogP contribution in [-0.4, -0.2) is 30.3 Å². The van der Waals surface area contributed by atoms with E-state index in [-0.39, 0.29) is 5.91 Å². The second-order valence-electron chi connectivity index (χ2n) is 4.86. The minimum absolute atomic E-state index is 0.281. The Bertz CT molecular complexity index is 972. The van der Waals surface area contributed by atoms with Gasteiger partial charge in [-0.3, -0.25) is 4.79 Å². The fourth-order valence-corrected chi connectivity index (χ4v) is 2.34. The van der Waals surface area contributed by atoms with Crippen molar-refractivity contribution in [1.82, 2.24) is 24.4 Å². The van der Waals surface area contributed by atoms with Crippen molar-refractivity contribution in [2.75, 3.05) is 5.32 Å². The van der Waals surface area contributed by atoms with Crippen LogP contribution in [0.2, 0.25) is 0 Å². The van der Waals surface area contributed by atoms with Crippen molar-refractivity contribution in [3.8, 4) is 5.69 Å². The van der Waals surface area contributed by atoms with Gasteiger partial charge in [0.15, 0.2) is 5.65 Å². The maximum absolute atomic E-state index is 12.5. The van der Waals surface area contributed by atoms with Gasteiger partial charge in [0.05, 0.1) is 18.1 Å². The van der Waals surface area contributed by atoms with Crippen LogP contribution in [0.4, 0.5) is 5.82 Å². The van der Waals surface area contributed by atoms with Gasteiger partial charge in [-0.05, 0) is 18.2 Å². The summed E-state index contributed by atoms with van der Waals surface area (Å²) in [6, 6.07) is 13.1. The highest BCUT2D eigenvalue weighted by molar-refractivity contribution is 6.07. The summed E-state index contributed by atoms with van der Waals surface area (Å²) in [6.07, 6.45) is 6.51. The number of benzene rings is 1. The van der Waals surface area contributed by atoms with Gasteiger partial charge in [0, 0.05) is 18.5 Å². The van der Waals surface area contributed by atoms with Crippen molar-refractivity contribution >= 4 is 17.4 Å². The van der Waals surface area contributed by atoms with Crippen LogP contribution in [0.3, 0.4) is 0 Å². The van der Waals surface area contributed by atoms with Crippen molar-refractivity contribution in [2.24, 2.45) is 0 Å². The molecule has 7 heteroatoms. The maximum Gasteiger partial charge on any atom is 0.262 e. The molecule has 0 bridgehead atoms. The molecular weight excluding hydrogens is 292 g/mol. The molecular formula is C16H12N6O. The predicted octanol–water partition coefficient (Wildman–Crippen LogP) is 2.17. The molecule has 0 spiro atoms. The van der Waals surface area contributed by atoms with Crippen molar-refractivity contribution in [2.45, 2.75) is 0 Å². The third kappa shape index (κ3) is 2.34. The third-order valence-corrected chi connectivity index (χ3v) is 3.41. The number of aromatic nitrogens is 5. The Balaban J connectivity index is 1.67. The molecule has 0 radical (unpaired) electrons. The zero-order chi connectivity index (χ0) is 15.6. The molecule has 3 aromatic heterocycles. The fourth-order valence-electron chi connectivity index (χ4n) is 2.34. The van der Waals surface area contributed by atoms with E-state index in [0.29, 0.717) is 17.0 Å². The van der Waals surface area contributed by atoms with E-state index in [0.717, 1.165) is 5.69 Å². The maximum atomic E-state index is 12.5. The van der Waals surface area contributed by atoms with Crippen molar-refractivity contribution in [3.63, 3.8) is 0 Å². The highest BCUT2D eigenvalue weighted by atomic mass is 16.1. The zero-order valence-electron chi connectivity index (χ0n) is 12.0. The van der Waals surface area contributed by atoms with Crippen LogP contribution in [0.1, 0.15) is 10.4 Å². The molecule has 112 valence electrons. The first kappa shape index (κ1) is 13.2. The molecule has 1 N–H and O–H groups in total. The van der Waals surface area contributed by atoms with E-state index in [4.69, 9.17) is 0 Å². The number of rotatable bonds is 3. The fraction of sp³-hybridized carbons (Fsp3) is 0. The SMILES string of the molecule is O=C(Nc1ccnn1-c1ccccc1)c1cnn2cccnc12. The quantitative estimate of drug-likeness (QED) is 0.629. The lowest BCUT2D eigenvalue weighted by molar-refractivity contribution is 0.102. The second-order valence-corrected chi connectivity index (χ2v) is 4.86. The molecule has 0 atom stereocenters. The highest BCUT2D eigenvalue weighted by Crippen LogP contribution is 2.16.